The largest absolute Gasteiger partial charge is 0.422 e. The van der Waals surface area contributed by atoms with E-state index in [4.69, 9.17) is 20.8 Å². The highest BCUT2D eigenvalue weighted by atomic mass is 35.5. The summed E-state index contributed by atoms with van der Waals surface area (Å²) in [5, 5.41) is 20.4. The van der Waals surface area contributed by atoms with E-state index in [9.17, 15) is 15.2 Å². The summed E-state index contributed by atoms with van der Waals surface area (Å²) in [6.45, 7) is 4.20. The molecule has 2 fully saturated rings. The fourth-order valence-corrected chi connectivity index (χ4v) is 4.20. The molecule has 0 aromatic carbocycles. The molecule has 11 heteroatoms. The van der Waals surface area contributed by atoms with E-state index in [1.54, 1.807) is 30.0 Å². The number of ether oxygens (including phenoxy) is 1. The summed E-state index contributed by atoms with van der Waals surface area (Å²) in [5.74, 6) is -0.140. The van der Waals surface area contributed by atoms with Gasteiger partial charge in [-0.05, 0) is 30.7 Å². The Bertz CT molecular complexity index is 1260. The van der Waals surface area contributed by atoms with Crippen molar-refractivity contribution in [2.45, 2.75) is 13.0 Å². The standard InChI is InChI=1S/C22H21ClN6O4/c1-13-8-14(9-25-17(13)18(30)22(10-24)11-32-12-22)20(31)28-4-6-29(7-5-28)21-27-19-15(33-21)2-3-16(23)26-19/h2-3,8-9,18,30H,4-7,11-12H2,1H3. The van der Waals surface area contributed by atoms with Crippen LogP contribution in [-0.2, 0) is 4.74 Å². The first-order valence-electron chi connectivity index (χ1n) is 10.5. The molecule has 0 spiro atoms. The SMILES string of the molecule is Cc1cc(C(=O)N2CCN(c3nc4nc(Cl)ccc4o3)CC2)cnc1C(O)C1(C#N)COC1. The molecule has 1 atom stereocenters. The van der Waals surface area contributed by atoms with Crippen LogP contribution in [0.3, 0.4) is 0 Å². The fraction of sp³-hybridized carbons (Fsp3) is 0.409. The number of fused-ring (bicyclic) bond motifs is 1. The number of amides is 1. The Balaban J connectivity index is 1.26. The van der Waals surface area contributed by atoms with Gasteiger partial charge in [0.15, 0.2) is 5.58 Å². The maximum absolute atomic E-state index is 13.0. The molecule has 0 aliphatic carbocycles. The lowest BCUT2D eigenvalue weighted by molar-refractivity contribution is -0.140. The summed E-state index contributed by atoms with van der Waals surface area (Å²) < 4.78 is 10.9. The smallest absolute Gasteiger partial charge is 0.300 e. The maximum Gasteiger partial charge on any atom is 0.300 e. The van der Waals surface area contributed by atoms with Crippen LogP contribution in [0.5, 0.6) is 0 Å². The van der Waals surface area contributed by atoms with Gasteiger partial charge in [-0.3, -0.25) is 9.78 Å². The van der Waals surface area contributed by atoms with E-state index in [2.05, 4.69) is 21.0 Å². The second-order valence-electron chi connectivity index (χ2n) is 8.32. The number of nitriles is 1. The minimum Gasteiger partial charge on any atom is -0.422 e. The van der Waals surface area contributed by atoms with E-state index in [0.29, 0.717) is 65.4 Å². The maximum atomic E-state index is 13.0. The van der Waals surface area contributed by atoms with Crippen LogP contribution in [0.25, 0.3) is 11.2 Å². The first kappa shape index (κ1) is 21.6. The van der Waals surface area contributed by atoms with Crippen molar-refractivity contribution in [3.05, 3.63) is 46.4 Å². The van der Waals surface area contributed by atoms with Crippen LogP contribution >= 0.6 is 11.6 Å². The van der Waals surface area contributed by atoms with Crippen LogP contribution in [0.4, 0.5) is 6.01 Å². The Hall–Kier alpha value is -3.26. The van der Waals surface area contributed by atoms with Crippen LogP contribution in [0, 0.1) is 23.7 Å². The lowest BCUT2D eigenvalue weighted by atomic mass is 9.79. The Morgan fingerprint density at radius 2 is 2.03 bits per heavy atom. The average Bonchev–Trinajstić information content (AvgIpc) is 3.21. The number of aliphatic hydroxyl groups excluding tert-OH is 1. The van der Waals surface area contributed by atoms with Gasteiger partial charge in [0.1, 0.15) is 16.7 Å². The van der Waals surface area contributed by atoms with Crippen molar-refractivity contribution in [3.8, 4) is 6.07 Å². The number of aliphatic hydroxyl groups is 1. The number of anilines is 1. The molecule has 3 aromatic heterocycles. The molecule has 5 rings (SSSR count). The molecule has 2 aliphatic rings. The van der Waals surface area contributed by atoms with Crippen molar-refractivity contribution >= 4 is 34.8 Å². The van der Waals surface area contributed by atoms with E-state index >= 15 is 0 Å². The van der Waals surface area contributed by atoms with Crippen molar-refractivity contribution in [2.24, 2.45) is 5.41 Å². The number of hydrogen-bond acceptors (Lipinski definition) is 9. The lowest BCUT2D eigenvalue weighted by Crippen LogP contribution is -2.49. The van der Waals surface area contributed by atoms with Gasteiger partial charge in [-0.15, -0.1) is 0 Å². The van der Waals surface area contributed by atoms with Gasteiger partial charge in [0, 0.05) is 32.4 Å². The first-order valence-corrected chi connectivity index (χ1v) is 10.9. The first-order chi connectivity index (χ1) is 15.9. The topological polar surface area (TPSA) is 129 Å². The molecule has 5 heterocycles. The van der Waals surface area contributed by atoms with Crippen molar-refractivity contribution < 1.29 is 19.1 Å². The number of aromatic nitrogens is 3. The van der Waals surface area contributed by atoms with Gasteiger partial charge in [-0.25, -0.2) is 4.98 Å². The van der Waals surface area contributed by atoms with Crippen molar-refractivity contribution in [1.29, 1.82) is 5.26 Å². The molecule has 2 aliphatic heterocycles. The van der Waals surface area contributed by atoms with Crippen LogP contribution in [0.2, 0.25) is 5.15 Å². The molecular formula is C22H21ClN6O4. The quantitative estimate of drug-likeness (QED) is 0.572. The van der Waals surface area contributed by atoms with Crippen LogP contribution < -0.4 is 4.90 Å². The third-order valence-corrected chi connectivity index (χ3v) is 6.35. The third kappa shape index (κ3) is 3.78. The number of carbonyl (C=O) groups is 1. The number of aryl methyl sites for hydroxylation is 1. The van der Waals surface area contributed by atoms with Crippen molar-refractivity contribution in [3.63, 3.8) is 0 Å². The van der Waals surface area contributed by atoms with Crippen LogP contribution in [0.1, 0.15) is 27.7 Å². The van der Waals surface area contributed by atoms with Gasteiger partial charge in [0.2, 0.25) is 5.65 Å². The number of pyridine rings is 2. The lowest BCUT2D eigenvalue weighted by Gasteiger charge is -2.38. The zero-order chi connectivity index (χ0) is 23.2. The highest BCUT2D eigenvalue weighted by Gasteiger charge is 2.47. The number of rotatable bonds is 4. The van der Waals surface area contributed by atoms with E-state index in [-0.39, 0.29) is 19.1 Å². The van der Waals surface area contributed by atoms with Crippen LogP contribution in [0.15, 0.2) is 28.8 Å². The van der Waals surface area contributed by atoms with E-state index in [0.717, 1.165) is 0 Å². The molecule has 2 saturated heterocycles. The molecule has 0 bridgehead atoms. The van der Waals surface area contributed by atoms with Gasteiger partial charge in [0.05, 0.1) is 30.5 Å². The second kappa shape index (κ2) is 8.26. The number of piperazine rings is 1. The number of oxazole rings is 1. The van der Waals surface area contributed by atoms with E-state index in [1.165, 1.54) is 6.20 Å². The van der Waals surface area contributed by atoms with Gasteiger partial charge >= 0.3 is 0 Å². The molecule has 170 valence electrons. The summed E-state index contributed by atoms with van der Waals surface area (Å²) in [6, 6.07) is 7.68. The summed E-state index contributed by atoms with van der Waals surface area (Å²) in [6.07, 6.45) is 0.394. The average molecular weight is 469 g/mol. The second-order valence-corrected chi connectivity index (χ2v) is 8.71. The highest BCUT2D eigenvalue weighted by Crippen LogP contribution is 2.40. The summed E-state index contributed by atoms with van der Waals surface area (Å²) >= 11 is 5.91. The molecule has 1 N–H and O–H groups in total. The normalized spacial score (nSPS) is 18.6. The Kier molecular flexibility index (Phi) is 5.40. The van der Waals surface area contributed by atoms with Gasteiger partial charge in [-0.2, -0.15) is 10.2 Å². The molecule has 10 nitrogen and oxygen atoms in total. The zero-order valence-electron chi connectivity index (χ0n) is 17.9. The molecule has 0 radical (unpaired) electrons. The van der Waals surface area contributed by atoms with Gasteiger partial charge in [0.25, 0.3) is 11.9 Å². The number of carbonyl (C=O) groups excluding carboxylic acids is 1. The summed E-state index contributed by atoms with van der Waals surface area (Å²) in [4.78, 5) is 29.6. The van der Waals surface area contributed by atoms with E-state index in [1.807, 2.05) is 4.90 Å². The molecule has 3 aromatic rings. The predicted molar refractivity (Wildman–Crippen MR) is 118 cm³/mol. The monoisotopic (exact) mass is 468 g/mol. The summed E-state index contributed by atoms with van der Waals surface area (Å²) in [7, 11) is 0. The fourth-order valence-electron chi connectivity index (χ4n) is 4.06. The molecular weight excluding hydrogens is 448 g/mol. The minimum absolute atomic E-state index is 0.140. The van der Waals surface area contributed by atoms with Crippen molar-refractivity contribution in [1.82, 2.24) is 19.9 Å². The Morgan fingerprint density at radius 1 is 1.27 bits per heavy atom. The van der Waals surface area contributed by atoms with E-state index < -0.39 is 11.5 Å². The minimum atomic E-state index is -1.07. The molecule has 1 unspecified atom stereocenters. The molecule has 33 heavy (non-hydrogen) atoms. The highest BCUT2D eigenvalue weighted by molar-refractivity contribution is 6.29. The molecule has 0 saturated carbocycles. The zero-order valence-corrected chi connectivity index (χ0v) is 18.6. The predicted octanol–water partition coefficient (Wildman–Crippen LogP) is 2.12. The number of hydrogen-bond donors (Lipinski definition) is 1. The van der Waals surface area contributed by atoms with Crippen LogP contribution in [-0.4, -0.2) is 70.3 Å². The number of halogens is 1. The molecule has 1 amide bonds. The number of nitrogens with zero attached hydrogens (tertiary/aromatic N) is 6. The van der Waals surface area contributed by atoms with Crippen molar-refractivity contribution in [2.75, 3.05) is 44.3 Å². The Morgan fingerprint density at radius 3 is 2.67 bits per heavy atom. The third-order valence-electron chi connectivity index (χ3n) is 6.14. The Labute approximate surface area is 194 Å². The summed E-state index contributed by atoms with van der Waals surface area (Å²) in [5.41, 5.74) is 1.52. The van der Waals surface area contributed by atoms with Gasteiger partial charge < -0.3 is 24.1 Å². The van der Waals surface area contributed by atoms with Gasteiger partial charge in [-0.1, -0.05) is 11.6 Å².